The van der Waals surface area contributed by atoms with Gasteiger partial charge in [-0.3, -0.25) is 4.79 Å². The third kappa shape index (κ3) is 2.13. The van der Waals surface area contributed by atoms with Gasteiger partial charge in [-0.1, -0.05) is 62.4 Å². The molecule has 0 saturated heterocycles. The molecular weight excluding hydrogens is 306 g/mol. The molecule has 2 heteroatoms. The largest absolute Gasteiger partial charge is 0.311 e. The van der Waals surface area contributed by atoms with Gasteiger partial charge >= 0.3 is 0 Å². The van der Waals surface area contributed by atoms with Crippen molar-refractivity contribution in [2.24, 2.45) is 16.7 Å². The van der Waals surface area contributed by atoms with Crippen molar-refractivity contribution < 1.29 is 4.79 Å². The van der Waals surface area contributed by atoms with Gasteiger partial charge < -0.3 is 4.90 Å². The van der Waals surface area contributed by atoms with E-state index in [0.29, 0.717) is 12.5 Å². The van der Waals surface area contributed by atoms with E-state index >= 15 is 0 Å². The summed E-state index contributed by atoms with van der Waals surface area (Å²) in [4.78, 5) is 15.8. The van der Waals surface area contributed by atoms with E-state index in [4.69, 9.17) is 0 Å². The van der Waals surface area contributed by atoms with Crippen LogP contribution in [0.2, 0.25) is 0 Å². The molecule has 2 saturated carbocycles. The van der Waals surface area contributed by atoms with Crippen molar-refractivity contribution in [3.63, 3.8) is 0 Å². The Hall–Kier alpha value is -2.09. The van der Waals surface area contributed by atoms with Crippen molar-refractivity contribution in [1.82, 2.24) is 0 Å². The molecule has 2 aliphatic rings. The molecule has 0 heterocycles. The quantitative estimate of drug-likeness (QED) is 0.672. The number of hydrogen-bond donors (Lipinski definition) is 0. The Balaban J connectivity index is 1.80. The summed E-state index contributed by atoms with van der Waals surface area (Å²) in [5.41, 5.74) is 1.90. The van der Waals surface area contributed by atoms with Crippen LogP contribution in [0.4, 0.5) is 5.69 Å². The van der Waals surface area contributed by atoms with Crippen molar-refractivity contribution in [3.05, 3.63) is 54.6 Å². The standard InChI is InChI=1S/C23H27NO/c1-5-24(20-12-8-10-17-9-6-7-11-19(17)20)21(25)23-14-13-18(15-23)22(3,4)16(23)2/h6-12,18H,2,5,13-15H2,1,3-4H3. The predicted octanol–water partition coefficient (Wildman–Crippen LogP) is 5.58. The summed E-state index contributed by atoms with van der Waals surface area (Å²) in [7, 11) is 0. The van der Waals surface area contributed by atoms with E-state index in [1.807, 2.05) is 17.0 Å². The third-order valence-corrected chi connectivity index (χ3v) is 6.92. The molecule has 0 aromatic heterocycles. The first-order chi connectivity index (χ1) is 11.9. The van der Waals surface area contributed by atoms with Crippen LogP contribution in [0.15, 0.2) is 54.6 Å². The van der Waals surface area contributed by atoms with Crippen molar-refractivity contribution in [3.8, 4) is 0 Å². The van der Waals surface area contributed by atoms with E-state index in [0.717, 1.165) is 35.9 Å². The Kier molecular flexibility index (Phi) is 3.57. The van der Waals surface area contributed by atoms with Crippen LogP contribution in [0.3, 0.4) is 0 Å². The molecule has 130 valence electrons. The maximum Gasteiger partial charge on any atom is 0.237 e. The highest BCUT2D eigenvalue weighted by Gasteiger charge is 2.61. The van der Waals surface area contributed by atoms with Gasteiger partial charge in [-0.05, 0) is 49.0 Å². The number of rotatable bonds is 3. The Labute approximate surface area is 150 Å². The van der Waals surface area contributed by atoms with Crippen LogP contribution < -0.4 is 4.90 Å². The Morgan fingerprint density at radius 1 is 1.20 bits per heavy atom. The fourth-order valence-electron chi connectivity index (χ4n) is 5.25. The van der Waals surface area contributed by atoms with Crippen molar-refractivity contribution >= 4 is 22.4 Å². The Bertz CT molecular complexity index is 860. The molecule has 2 aliphatic carbocycles. The van der Waals surface area contributed by atoms with E-state index in [1.54, 1.807) is 0 Å². The molecule has 2 fully saturated rings. The molecule has 0 aliphatic heterocycles. The van der Waals surface area contributed by atoms with Crippen LogP contribution in [0.1, 0.15) is 40.0 Å². The van der Waals surface area contributed by atoms with Crippen molar-refractivity contribution in [2.45, 2.75) is 40.0 Å². The molecule has 25 heavy (non-hydrogen) atoms. The highest BCUT2D eigenvalue weighted by atomic mass is 16.2. The lowest BCUT2D eigenvalue weighted by Gasteiger charge is -2.39. The summed E-state index contributed by atoms with van der Waals surface area (Å²) in [6.07, 6.45) is 3.07. The maximum atomic E-state index is 13.8. The molecule has 4 rings (SSSR count). The SMILES string of the molecule is C=C1C2(C(=O)N(CC)c3cccc4ccccc34)CCC(C2)C1(C)C. The second-order valence-corrected chi connectivity index (χ2v) is 8.27. The molecule has 2 nitrogen and oxygen atoms in total. The number of amides is 1. The number of carbonyl (C=O) groups excluding carboxylic acids is 1. The van der Waals surface area contributed by atoms with E-state index in [-0.39, 0.29) is 16.7 Å². The van der Waals surface area contributed by atoms with Crippen LogP contribution in [-0.2, 0) is 4.79 Å². The minimum absolute atomic E-state index is 0.0755. The van der Waals surface area contributed by atoms with Crippen LogP contribution in [0.5, 0.6) is 0 Å². The van der Waals surface area contributed by atoms with Gasteiger partial charge in [0.05, 0.1) is 11.1 Å². The van der Waals surface area contributed by atoms with Gasteiger partial charge in [0.15, 0.2) is 0 Å². The highest BCUT2D eigenvalue weighted by Crippen LogP contribution is 2.66. The minimum atomic E-state index is -0.360. The summed E-state index contributed by atoms with van der Waals surface area (Å²) in [5.74, 6) is 0.847. The first-order valence-corrected chi connectivity index (χ1v) is 9.41. The van der Waals surface area contributed by atoms with Gasteiger partial charge in [-0.25, -0.2) is 0 Å². The number of hydrogen-bond acceptors (Lipinski definition) is 1. The number of anilines is 1. The summed E-state index contributed by atoms with van der Waals surface area (Å²) in [6, 6.07) is 14.6. The van der Waals surface area contributed by atoms with Crippen molar-refractivity contribution in [1.29, 1.82) is 0 Å². The molecule has 2 unspecified atom stereocenters. The average molecular weight is 333 g/mol. The zero-order valence-corrected chi connectivity index (χ0v) is 15.5. The van der Waals surface area contributed by atoms with E-state index < -0.39 is 0 Å². The number of nitrogens with zero attached hydrogens (tertiary/aromatic N) is 1. The zero-order chi connectivity index (χ0) is 17.8. The number of fused-ring (bicyclic) bond motifs is 3. The summed E-state index contributed by atoms with van der Waals surface area (Å²) < 4.78 is 0. The van der Waals surface area contributed by atoms with Gasteiger partial charge in [0.1, 0.15) is 0 Å². The van der Waals surface area contributed by atoms with Gasteiger partial charge in [0.25, 0.3) is 0 Å². The first-order valence-electron chi connectivity index (χ1n) is 9.41. The van der Waals surface area contributed by atoms with Gasteiger partial charge in [-0.15, -0.1) is 0 Å². The van der Waals surface area contributed by atoms with Gasteiger partial charge in [0, 0.05) is 11.9 Å². The minimum Gasteiger partial charge on any atom is -0.311 e. The van der Waals surface area contributed by atoms with Gasteiger partial charge in [0.2, 0.25) is 5.91 Å². The number of benzene rings is 2. The molecule has 0 spiro atoms. The van der Waals surface area contributed by atoms with Crippen LogP contribution in [0.25, 0.3) is 10.8 Å². The predicted molar refractivity (Wildman–Crippen MR) is 105 cm³/mol. The van der Waals surface area contributed by atoms with E-state index in [2.05, 4.69) is 57.7 Å². The topological polar surface area (TPSA) is 20.3 Å². The second-order valence-electron chi connectivity index (χ2n) is 8.27. The van der Waals surface area contributed by atoms with E-state index in [9.17, 15) is 4.79 Å². The normalized spacial score (nSPS) is 27.0. The molecule has 2 aromatic rings. The first kappa shape index (κ1) is 16.4. The molecule has 0 radical (unpaired) electrons. The summed E-state index contributed by atoms with van der Waals surface area (Å²) >= 11 is 0. The number of carbonyl (C=O) groups is 1. The van der Waals surface area contributed by atoms with Crippen molar-refractivity contribution in [2.75, 3.05) is 11.4 Å². The molecule has 0 N–H and O–H groups in total. The average Bonchev–Trinajstić information content (AvgIpc) is 3.15. The van der Waals surface area contributed by atoms with Crippen LogP contribution >= 0.6 is 0 Å². The lowest BCUT2D eigenvalue weighted by molar-refractivity contribution is -0.126. The molecular formula is C23H27NO. The Morgan fingerprint density at radius 3 is 2.60 bits per heavy atom. The van der Waals surface area contributed by atoms with E-state index in [1.165, 1.54) is 5.39 Å². The zero-order valence-electron chi connectivity index (χ0n) is 15.5. The van der Waals surface area contributed by atoms with Gasteiger partial charge in [-0.2, -0.15) is 0 Å². The Morgan fingerprint density at radius 2 is 1.92 bits per heavy atom. The molecule has 2 bridgehead atoms. The summed E-state index contributed by atoms with van der Waals surface area (Å²) in [5, 5.41) is 2.33. The van der Waals surface area contributed by atoms with Crippen LogP contribution in [-0.4, -0.2) is 12.5 Å². The second kappa shape index (κ2) is 5.45. The smallest absolute Gasteiger partial charge is 0.237 e. The third-order valence-electron chi connectivity index (χ3n) is 6.92. The molecule has 2 aromatic carbocycles. The van der Waals surface area contributed by atoms with Crippen LogP contribution in [0, 0.1) is 16.7 Å². The fraction of sp³-hybridized carbons (Fsp3) is 0.435. The molecule has 1 amide bonds. The maximum absolute atomic E-state index is 13.8. The lowest BCUT2D eigenvalue weighted by atomic mass is 9.68. The molecule has 2 atom stereocenters. The fourth-order valence-corrected chi connectivity index (χ4v) is 5.25. The summed E-state index contributed by atoms with van der Waals surface area (Å²) in [6.45, 7) is 11.7. The monoisotopic (exact) mass is 333 g/mol. The highest BCUT2D eigenvalue weighted by molar-refractivity contribution is 6.07. The lowest BCUT2D eigenvalue weighted by Crippen LogP contribution is -2.44.